The van der Waals surface area contributed by atoms with Crippen molar-refractivity contribution in [3.63, 3.8) is 0 Å². The number of hydrogen-bond donors (Lipinski definition) is 8. The van der Waals surface area contributed by atoms with Crippen LogP contribution in [0.2, 0.25) is 0 Å². The first-order valence-corrected chi connectivity index (χ1v) is 14.5. The topological polar surface area (TPSA) is 165 Å². The molecule has 8 N–H and O–H groups in total. The Bertz CT molecular complexity index is 500. The lowest BCUT2D eigenvalue weighted by Gasteiger charge is -2.32. The zero-order valence-electron chi connectivity index (χ0n) is 23.1. The summed E-state index contributed by atoms with van der Waals surface area (Å²) in [6.07, 6.45) is 12.3. The monoisotopic (exact) mass is 535 g/mol. The molecule has 9 heteroatoms. The maximum absolute atomic E-state index is 10.2. The van der Waals surface area contributed by atoms with Gasteiger partial charge in [0.25, 0.3) is 0 Å². The lowest BCUT2D eigenvalue weighted by atomic mass is 10.0. The summed E-state index contributed by atoms with van der Waals surface area (Å²) in [6.45, 7) is 1.13. The Balaban J connectivity index is 4.21. The van der Waals surface area contributed by atoms with Gasteiger partial charge in [0.05, 0.1) is 25.4 Å². The molecule has 0 spiro atoms. The quantitative estimate of drug-likeness (QED) is 0.0605. The summed E-state index contributed by atoms with van der Waals surface area (Å²) >= 11 is 0. The molecule has 0 bridgehead atoms. The number of allylic oxidation sites excluding steroid dienone is 2. The summed E-state index contributed by atoms with van der Waals surface area (Å²) in [5.41, 5.74) is 0. The molecular weight excluding hydrogens is 478 g/mol. The summed E-state index contributed by atoms with van der Waals surface area (Å²) in [6, 6.07) is 0. The first-order chi connectivity index (χ1) is 17.8. The molecule has 222 valence electrons. The summed E-state index contributed by atoms with van der Waals surface area (Å²) in [4.78, 5) is 1.64. The number of rotatable bonds is 26. The predicted octanol–water partition coefficient (Wildman–Crippen LogP) is 1.48. The van der Waals surface area contributed by atoms with Gasteiger partial charge in [-0.3, -0.25) is 4.90 Å². The van der Waals surface area contributed by atoms with Gasteiger partial charge in [-0.2, -0.15) is 0 Å². The fourth-order valence-electron chi connectivity index (χ4n) is 4.31. The largest absolute Gasteiger partial charge is 0.394 e. The van der Waals surface area contributed by atoms with Crippen LogP contribution in [0.1, 0.15) is 96.8 Å². The molecule has 0 amide bonds. The molecule has 0 aliphatic carbocycles. The van der Waals surface area contributed by atoms with Crippen molar-refractivity contribution in [2.45, 2.75) is 133 Å². The molecule has 0 rings (SSSR count). The number of nitrogens with zero attached hydrogens (tertiary/aromatic N) is 1. The minimum atomic E-state index is -1.56. The third-order valence-electron chi connectivity index (χ3n) is 6.83. The second kappa shape index (κ2) is 24.4. The van der Waals surface area contributed by atoms with Gasteiger partial charge >= 0.3 is 0 Å². The van der Waals surface area contributed by atoms with Crippen LogP contribution in [0.15, 0.2) is 12.2 Å². The molecule has 37 heavy (non-hydrogen) atoms. The SMILES string of the molecule is CCCCCCCC/C=C\CCCCCCCCN(C[C@@H](O)[C@H](O)[C@H](O)CO)C[C@@H](O)[C@H](O)[C@H](O)CO. The van der Waals surface area contributed by atoms with Crippen LogP contribution in [0.25, 0.3) is 0 Å². The molecule has 0 heterocycles. The van der Waals surface area contributed by atoms with Crippen molar-refractivity contribution >= 4 is 0 Å². The number of aliphatic hydroxyl groups excluding tert-OH is 8. The van der Waals surface area contributed by atoms with E-state index in [4.69, 9.17) is 10.2 Å². The molecule has 0 fully saturated rings. The van der Waals surface area contributed by atoms with Crippen LogP contribution in [-0.2, 0) is 0 Å². The standard InChI is InChI=1S/C28H57NO8/c1-2-3-4-5-6-7-8-9-10-11-12-13-14-15-16-17-18-29(19-23(32)27(36)25(34)21-30)20-24(33)28(37)26(35)22-31/h9-10,23-28,30-37H,2-8,11-22H2,1H3/b10-9-/t23-,24-,25-,26-,27+,28+/m1/s1. The second-order valence-electron chi connectivity index (χ2n) is 10.3. The molecule has 0 aliphatic rings. The summed E-state index contributed by atoms with van der Waals surface area (Å²) in [7, 11) is 0. The van der Waals surface area contributed by atoms with E-state index in [9.17, 15) is 30.6 Å². The summed E-state index contributed by atoms with van der Waals surface area (Å²) < 4.78 is 0. The average Bonchev–Trinajstić information content (AvgIpc) is 2.90. The van der Waals surface area contributed by atoms with E-state index in [-0.39, 0.29) is 13.1 Å². The van der Waals surface area contributed by atoms with Gasteiger partial charge in [-0.15, -0.1) is 0 Å². The van der Waals surface area contributed by atoms with Crippen LogP contribution in [0.5, 0.6) is 0 Å². The number of unbranched alkanes of at least 4 members (excludes halogenated alkanes) is 12. The van der Waals surface area contributed by atoms with E-state index in [1.807, 2.05) is 0 Å². The van der Waals surface area contributed by atoms with E-state index in [2.05, 4.69) is 19.1 Å². The smallest absolute Gasteiger partial charge is 0.109 e. The second-order valence-corrected chi connectivity index (χ2v) is 10.3. The van der Waals surface area contributed by atoms with E-state index < -0.39 is 49.8 Å². The number of hydrogen-bond acceptors (Lipinski definition) is 9. The molecule has 6 atom stereocenters. The van der Waals surface area contributed by atoms with Gasteiger partial charge in [0.15, 0.2) is 0 Å². The predicted molar refractivity (Wildman–Crippen MR) is 146 cm³/mol. The van der Waals surface area contributed by atoms with Crippen LogP contribution in [0, 0.1) is 0 Å². The van der Waals surface area contributed by atoms with Crippen LogP contribution >= 0.6 is 0 Å². The third-order valence-corrected chi connectivity index (χ3v) is 6.83. The molecule has 0 aromatic carbocycles. The van der Waals surface area contributed by atoms with Gasteiger partial charge < -0.3 is 40.9 Å². The molecule has 0 radical (unpaired) electrons. The minimum absolute atomic E-state index is 0.0949. The Morgan fingerprint density at radius 2 is 0.892 bits per heavy atom. The highest BCUT2D eigenvalue weighted by molar-refractivity contribution is 4.83. The molecule has 0 unspecified atom stereocenters. The Morgan fingerprint density at radius 1 is 0.514 bits per heavy atom. The minimum Gasteiger partial charge on any atom is -0.394 e. The molecule has 0 aromatic heterocycles. The lowest BCUT2D eigenvalue weighted by molar-refractivity contribution is -0.100. The highest BCUT2D eigenvalue weighted by Gasteiger charge is 2.29. The summed E-state index contributed by atoms with van der Waals surface area (Å²) in [5, 5.41) is 77.5. The average molecular weight is 536 g/mol. The molecule has 0 aliphatic heterocycles. The number of aliphatic hydroxyl groups is 8. The van der Waals surface area contributed by atoms with Crippen LogP contribution in [-0.4, -0.2) is 115 Å². The van der Waals surface area contributed by atoms with Crippen LogP contribution in [0.3, 0.4) is 0 Å². The normalized spacial score (nSPS) is 17.2. The highest BCUT2D eigenvalue weighted by atomic mass is 16.4. The van der Waals surface area contributed by atoms with E-state index in [0.29, 0.717) is 6.54 Å². The third kappa shape index (κ3) is 19.1. The first kappa shape index (κ1) is 36.4. The Morgan fingerprint density at radius 3 is 1.30 bits per heavy atom. The van der Waals surface area contributed by atoms with Gasteiger partial charge in [0, 0.05) is 13.1 Å². The van der Waals surface area contributed by atoms with Crippen molar-refractivity contribution < 1.29 is 40.9 Å². The fraction of sp³-hybridized carbons (Fsp3) is 0.929. The van der Waals surface area contributed by atoms with Crippen molar-refractivity contribution in [2.75, 3.05) is 32.8 Å². The van der Waals surface area contributed by atoms with Crippen molar-refractivity contribution in [3.8, 4) is 0 Å². The Labute approximate surface area is 224 Å². The van der Waals surface area contributed by atoms with Gasteiger partial charge in [0.1, 0.15) is 24.4 Å². The maximum Gasteiger partial charge on any atom is 0.109 e. The maximum atomic E-state index is 10.2. The van der Waals surface area contributed by atoms with Gasteiger partial charge in [-0.1, -0.05) is 76.9 Å². The van der Waals surface area contributed by atoms with Gasteiger partial charge in [0.2, 0.25) is 0 Å². The molecule has 0 aromatic rings. The van der Waals surface area contributed by atoms with Crippen molar-refractivity contribution in [2.24, 2.45) is 0 Å². The van der Waals surface area contributed by atoms with E-state index >= 15 is 0 Å². The molecule has 0 saturated heterocycles. The van der Waals surface area contributed by atoms with Crippen LogP contribution in [0.4, 0.5) is 0 Å². The lowest BCUT2D eigenvalue weighted by Crippen LogP contribution is -2.50. The fourth-order valence-corrected chi connectivity index (χ4v) is 4.31. The molecule has 0 saturated carbocycles. The zero-order chi connectivity index (χ0) is 27.9. The van der Waals surface area contributed by atoms with E-state index in [1.165, 1.54) is 57.8 Å². The molecule has 9 nitrogen and oxygen atoms in total. The van der Waals surface area contributed by atoms with Crippen molar-refractivity contribution in [1.29, 1.82) is 0 Å². The summed E-state index contributed by atoms with van der Waals surface area (Å²) in [5.74, 6) is 0. The Hall–Kier alpha value is -0.620. The van der Waals surface area contributed by atoms with Gasteiger partial charge in [-0.25, -0.2) is 0 Å². The van der Waals surface area contributed by atoms with E-state index in [0.717, 1.165) is 32.1 Å². The zero-order valence-corrected chi connectivity index (χ0v) is 23.1. The van der Waals surface area contributed by atoms with Crippen molar-refractivity contribution in [3.05, 3.63) is 12.2 Å². The Kier molecular flexibility index (Phi) is 24.0. The van der Waals surface area contributed by atoms with Crippen molar-refractivity contribution in [1.82, 2.24) is 4.90 Å². The van der Waals surface area contributed by atoms with E-state index in [1.54, 1.807) is 4.90 Å². The highest BCUT2D eigenvalue weighted by Crippen LogP contribution is 2.12. The first-order valence-electron chi connectivity index (χ1n) is 14.5. The molecular formula is C28H57NO8. The van der Waals surface area contributed by atoms with Gasteiger partial charge in [-0.05, 0) is 38.6 Å². The van der Waals surface area contributed by atoms with Crippen LogP contribution < -0.4 is 0 Å².